The first-order valence-electron chi connectivity index (χ1n) is 13.1. The molecule has 1 aliphatic heterocycles. The lowest BCUT2D eigenvalue weighted by molar-refractivity contribution is -0.161. The number of aryl methyl sites for hydroxylation is 1. The molecule has 0 saturated heterocycles. The predicted octanol–water partition coefficient (Wildman–Crippen LogP) is 5.80. The molecular weight excluding hydrogens is 518 g/mol. The summed E-state index contributed by atoms with van der Waals surface area (Å²) < 4.78 is 17.6. The Labute approximate surface area is 238 Å². The molecule has 4 aromatic rings. The fourth-order valence-corrected chi connectivity index (χ4v) is 5.02. The number of hydrogen-bond acceptors (Lipinski definition) is 6. The summed E-state index contributed by atoms with van der Waals surface area (Å²) >= 11 is 0. The number of ketones is 1. The Bertz CT molecular complexity index is 1540. The van der Waals surface area contributed by atoms with Crippen molar-refractivity contribution in [1.29, 1.82) is 0 Å². The molecule has 1 atom stereocenters. The summed E-state index contributed by atoms with van der Waals surface area (Å²) in [6.45, 7) is 1.90. The molecule has 0 fully saturated rings. The van der Waals surface area contributed by atoms with Crippen molar-refractivity contribution in [2.24, 2.45) is 0 Å². The molecule has 0 unspecified atom stereocenters. The zero-order valence-corrected chi connectivity index (χ0v) is 22.9. The molecule has 41 heavy (non-hydrogen) atoms. The highest BCUT2D eigenvalue weighted by Crippen LogP contribution is 2.45. The van der Waals surface area contributed by atoms with Crippen LogP contribution in [0, 0.1) is 6.92 Å². The maximum Gasteiger partial charge on any atom is 0.365 e. The molecule has 0 saturated carbocycles. The summed E-state index contributed by atoms with van der Waals surface area (Å²) in [5.41, 5.74) is 0.522. The zero-order chi connectivity index (χ0) is 29.0. The molecule has 0 aromatic heterocycles. The average molecular weight is 548 g/mol. The SMILES string of the molecule is COC(=O)[C@@]1(OC)C(C(=O)c2ccc(C)cc2)=C(OC(c2ccccc2)c2ccccc2)C(=O)N1c1ccccc1. The molecule has 0 radical (unpaired) electrons. The van der Waals surface area contributed by atoms with Gasteiger partial charge in [0.25, 0.3) is 11.6 Å². The number of rotatable bonds is 9. The van der Waals surface area contributed by atoms with Crippen LogP contribution in [0.25, 0.3) is 0 Å². The van der Waals surface area contributed by atoms with E-state index >= 15 is 0 Å². The lowest BCUT2D eigenvalue weighted by Gasteiger charge is -2.35. The first-order valence-corrected chi connectivity index (χ1v) is 13.1. The minimum Gasteiger partial charge on any atom is -0.475 e. The predicted molar refractivity (Wildman–Crippen MR) is 154 cm³/mol. The molecule has 0 spiro atoms. The number of Topliss-reactive ketones (excluding diaryl/α,β-unsaturated/α-hetero) is 1. The van der Waals surface area contributed by atoms with E-state index in [4.69, 9.17) is 14.2 Å². The van der Waals surface area contributed by atoms with E-state index in [1.54, 1.807) is 54.6 Å². The number of hydrogen-bond donors (Lipinski definition) is 0. The van der Waals surface area contributed by atoms with E-state index in [0.29, 0.717) is 5.69 Å². The highest BCUT2D eigenvalue weighted by molar-refractivity contribution is 6.26. The van der Waals surface area contributed by atoms with Crippen LogP contribution in [0.2, 0.25) is 0 Å². The highest BCUT2D eigenvalue weighted by Gasteiger charge is 2.63. The Morgan fingerprint density at radius 3 is 1.73 bits per heavy atom. The van der Waals surface area contributed by atoms with Gasteiger partial charge in [-0.3, -0.25) is 14.5 Å². The van der Waals surface area contributed by atoms with Gasteiger partial charge in [-0.1, -0.05) is 109 Å². The fraction of sp³-hybridized carbons (Fsp3) is 0.147. The van der Waals surface area contributed by atoms with Crippen molar-refractivity contribution in [2.45, 2.75) is 18.8 Å². The number of nitrogens with zero attached hydrogens (tertiary/aromatic N) is 1. The third-order valence-electron chi connectivity index (χ3n) is 7.03. The Kier molecular flexibility index (Phi) is 7.81. The maximum absolute atomic E-state index is 14.4. The number of esters is 1. The van der Waals surface area contributed by atoms with Crippen LogP contribution in [0.5, 0.6) is 0 Å². The van der Waals surface area contributed by atoms with Crippen molar-refractivity contribution in [1.82, 2.24) is 0 Å². The fourth-order valence-electron chi connectivity index (χ4n) is 5.02. The molecule has 0 aliphatic carbocycles. The molecule has 1 heterocycles. The van der Waals surface area contributed by atoms with E-state index in [1.165, 1.54) is 14.2 Å². The molecular formula is C34H29NO6. The van der Waals surface area contributed by atoms with Crippen LogP contribution in [-0.4, -0.2) is 37.6 Å². The Balaban J connectivity index is 1.78. The lowest BCUT2D eigenvalue weighted by Crippen LogP contribution is -2.57. The second kappa shape index (κ2) is 11.6. The van der Waals surface area contributed by atoms with Crippen LogP contribution in [0.4, 0.5) is 5.69 Å². The normalized spacial score (nSPS) is 16.7. The smallest absolute Gasteiger partial charge is 0.365 e. The average Bonchev–Trinajstić information content (AvgIpc) is 3.28. The third kappa shape index (κ3) is 4.92. The van der Waals surface area contributed by atoms with Crippen molar-refractivity contribution in [2.75, 3.05) is 19.1 Å². The molecule has 1 aliphatic rings. The number of methoxy groups -OCH3 is 2. The standard InChI is InChI=1S/C34H29NO6/c1-23-19-21-24(22-20-23)29(36)28-31(41-30(25-13-7-4-8-14-25)26-15-9-5-10-16-26)32(37)35(27-17-11-6-12-18-27)34(28,40-3)33(38)39-2/h4-22,30H,1-3H3/t34-/m0/s1. The van der Waals surface area contributed by atoms with E-state index in [1.807, 2.05) is 67.6 Å². The summed E-state index contributed by atoms with van der Waals surface area (Å²) in [5, 5.41) is 0. The number of anilines is 1. The molecule has 5 rings (SSSR count). The second-order valence-corrected chi connectivity index (χ2v) is 9.53. The van der Waals surface area contributed by atoms with Crippen molar-refractivity contribution in [3.63, 3.8) is 0 Å². The molecule has 0 N–H and O–H groups in total. The van der Waals surface area contributed by atoms with Gasteiger partial charge in [-0.15, -0.1) is 0 Å². The summed E-state index contributed by atoms with van der Waals surface area (Å²) in [6, 6.07) is 34.1. The van der Waals surface area contributed by atoms with Gasteiger partial charge in [-0.2, -0.15) is 0 Å². The third-order valence-corrected chi connectivity index (χ3v) is 7.03. The highest BCUT2D eigenvalue weighted by atomic mass is 16.6. The van der Waals surface area contributed by atoms with Crippen molar-refractivity contribution >= 4 is 23.3 Å². The van der Waals surface area contributed by atoms with Crippen LogP contribution in [0.15, 0.2) is 127 Å². The van der Waals surface area contributed by atoms with Gasteiger partial charge in [-0.25, -0.2) is 4.79 Å². The van der Waals surface area contributed by atoms with E-state index < -0.39 is 29.5 Å². The van der Waals surface area contributed by atoms with Gasteiger partial charge in [0.15, 0.2) is 11.5 Å². The van der Waals surface area contributed by atoms with Crippen molar-refractivity contribution < 1.29 is 28.6 Å². The van der Waals surface area contributed by atoms with E-state index in [9.17, 15) is 14.4 Å². The Morgan fingerprint density at radius 2 is 1.24 bits per heavy atom. The second-order valence-electron chi connectivity index (χ2n) is 9.53. The molecule has 4 aromatic carbocycles. The van der Waals surface area contributed by atoms with Gasteiger partial charge in [0.2, 0.25) is 0 Å². The number of para-hydroxylation sites is 1. The van der Waals surface area contributed by atoms with Gasteiger partial charge < -0.3 is 14.2 Å². The lowest BCUT2D eigenvalue weighted by atomic mass is 9.93. The minimum absolute atomic E-state index is 0.260. The monoisotopic (exact) mass is 547 g/mol. The van der Waals surface area contributed by atoms with Crippen LogP contribution in [0.3, 0.4) is 0 Å². The molecule has 7 heteroatoms. The summed E-state index contributed by atoms with van der Waals surface area (Å²) in [7, 11) is 2.44. The van der Waals surface area contributed by atoms with Gasteiger partial charge >= 0.3 is 5.97 Å². The molecule has 7 nitrogen and oxygen atoms in total. The zero-order valence-electron chi connectivity index (χ0n) is 22.9. The number of ether oxygens (including phenoxy) is 3. The first kappa shape index (κ1) is 27.6. The van der Waals surface area contributed by atoms with Crippen LogP contribution >= 0.6 is 0 Å². The van der Waals surface area contributed by atoms with Crippen LogP contribution in [0.1, 0.15) is 33.2 Å². The minimum atomic E-state index is -2.25. The molecule has 1 amide bonds. The number of carbonyl (C=O) groups is 3. The number of benzene rings is 4. The van der Waals surface area contributed by atoms with Crippen molar-refractivity contribution in [3.8, 4) is 0 Å². The molecule has 206 valence electrons. The van der Waals surface area contributed by atoms with E-state index in [0.717, 1.165) is 21.6 Å². The van der Waals surface area contributed by atoms with Gasteiger partial charge in [0.1, 0.15) is 11.7 Å². The topological polar surface area (TPSA) is 82.1 Å². The van der Waals surface area contributed by atoms with E-state index in [2.05, 4.69) is 0 Å². The number of amides is 1. The molecule has 0 bridgehead atoms. The Hall–Kier alpha value is -5.01. The quantitative estimate of drug-likeness (QED) is 0.195. The van der Waals surface area contributed by atoms with E-state index in [-0.39, 0.29) is 16.9 Å². The van der Waals surface area contributed by atoms with Crippen LogP contribution in [-0.2, 0) is 23.8 Å². The van der Waals surface area contributed by atoms with Gasteiger partial charge in [0, 0.05) is 18.4 Å². The van der Waals surface area contributed by atoms with Gasteiger partial charge in [0.05, 0.1) is 7.11 Å². The maximum atomic E-state index is 14.4. The Morgan fingerprint density at radius 1 is 0.732 bits per heavy atom. The number of carbonyl (C=O) groups excluding carboxylic acids is 3. The van der Waals surface area contributed by atoms with Crippen molar-refractivity contribution in [3.05, 3.63) is 149 Å². The summed E-state index contributed by atoms with van der Waals surface area (Å²) in [6.07, 6.45) is -0.778. The largest absolute Gasteiger partial charge is 0.475 e. The summed E-state index contributed by atoms with van der Waals surface area (Å²) in [4.78, 5) is 43.6. The van der Waals surface area contributed by atoms with Crippen LogP contribution < -0.4 is 4.90 Å². The van der Waals surface area contributed by atoms with Gasteiger partial charge in [-0.05, 0) is 30.2 Å². The summed E-state index contributed by atoms with van der Waals surface area (Å²) in [5.74, 6) is -2.55. The first-order chi connectivity index (χ1) is 19.9.